The van der Waals surface area contributed by atoms with Crippen molar-refractivity contribution in [2.75, 3.05) is 6.54 Å². The van der Waals surface area contributed by atoms with Gasteiger partial charge >= 0.3 is 0 Å². The molecule has 0 fully saturated rings. The van der Waals surface area contributed by atoms with Gasteiger partial charge in [0.15, 0.2) is 0 Å². The van der Waals surface area contributed by atoms with E-state index in [1.54, 1.807) is 11.0 Å². The predicted molar refractivity (Wildman–Crippen MR) is 88.5 cm³/mol. The van der Waals surface area contributed by atoms with Crippen LogP contribution in [0, 0.1) is 10.1 Å². The zero-order chi connectivity index (χ0) is 17.0. The highest BCUT2D eigenvalue weighted by atomic mass is 35.5. The molecule has 6 nitrogen and oxygen atoms in total. The maximum atomic E-state index is 12.7. The number of hydrogen-bond acceptors (Lipinski definition) is 3. The fourth-order valence-electron chi connectivity index (χ4n) is 2.19. The lowest BCUT2D eigenvalue weighted by Gasteiger charge is -2.22. The summed E-state index contributed by atoms with van der Waals surface area (Å²) in [7, 11) is 1.89. The summed E-state index contributed by atoms with van der Waals surface area (Å²) in [4.78, 5) is 24.5. The Balaban J connectivity index is 2.29. The summed E-state index contributed by atoms with van der Waals surface area (Å²) < 4.78 is 1.92. The molecule has 23 heavy (non-hydrogen) atoms. The van der Waals surface area contributed by atoms with E-state index in [0.717, 1.165) is 5.69 Å². The molecule has 0 saturated heterocycles. The Morgan fingerprint density at radius 1 is 1.48 bits per heavy atom. The first-order chi connectivity index (χ1) is 10.9. The molecule has 0 unspecified atom stereocenters. The van der Waals surface area contributed by atoms with Crippen molar-refractivity contribution in [3.05, 3.63) is 75.6 Å². The number of benzene rings is 1. The second-order valence-corrected chi connectivity index (χ2v) is 5.41. The zero-order valence-electron chi connectivity index (χ0n) is 12.6. The minimum absolute atomic E-state index is 0.0603. The summed E-state index contributed by atoms with van der Waals surface area (Å²) >= 11 is 6.04. The number of halogens is 1. The van der Waals surface area contributed by atoms with Crippen LogP contribution in [-0.2, 0) is 13.6 Å². The molecule has 0 saturated carbocycles. The number of hydrogen-bond donors (Lipinski definition) is 0. The summed E-state index contributed by atoms with van der Waals surface area (Å²) in [5.41, 5.74) is 1.04. The molecule has 1 heterocycles. The maximum absolute atomic E-state index is 12.7. The van der Waals surface area contributed by atoms with Gasteiger partial charge in [-0.1, -0.05) is 17.7 Å². The van der Waals surface area contributed by atoms with Gasteiger partial charge in [0.2, 0.25) is 0 Å². The molecule has 2 aromatic rings. The lowest BCUT2D eigenvalue weighted by molar-refractivity contribution is -0.384. The topological polar surface area (TPSA) is 68.4 Å². The molecule has 7 heteroatoms. The van der Waals surface area contributed by atoms with Gasteiger partial charge in [-0.05, 0) is 18.2 Å². The van der Waals surface area contributed by atoms with Crippen molar-refractivity contribution in [3.8, 4) is 0 Å². The molecule has 1 aromatic carbocycles. The minimum atomic E-state index is -0.550. The average molecular weight is 334 g/mol. The number of nitrogens with zero attached hydrogens (tertiary/aromatic N) is 3. The normalized spacial score (nSPS) is 10.3. The molecule has 1 amide bonds. The van der Waals surface area contributed by atoms with Crippen molar-refractivity contribution < 1.29 is 9.72 Å². The Kier molecular flexibility index (Phi) is 5.18. The number of amides is 1. The molecule has 2 rings (SSSR count). The van der Waals surface area contributed by atoms with Crippen molar-refractivity contribution in [3.63, 3.8) is 0 Å². The number of nitro benzene ring substituents is 1. The number of aryl methyl sites for hydroxylation is 1. The number of carbonyl (C=O) groups is 1. The summed E-state index contributed by atoms with van der Waals surface area (Å²) in [5.74, 6) is -0.300. The van der Waals surface area contributed by atoms with Crippen LogP contribution in [0.25, 0.3) is 0 Å². The van der Waals surface area contributed by atoms with Crippen molar-refractivity contribution in [1.82, 2.24) is 9.47 Å². The number of carbonyl (C=O) groups excluding carboxylic acids is 1. The van der Waals surface area contributed by atoms with Crippen LogP contribution in [0.15, 0.2) is 49.2 Å². The van der Waals surface area contributed by atoms with Crippen LogP contribution >= 0.6 is 11.6 Å². The van der Waals surface area contributed by atoms with E-state index in [1.165, 1.54) is 18.2 Å². The summed E-state index contributed by atoms with van der Waals surface area (Å²) in [6.07, 6.45) is 3.52. The van der Waals surface area contributed by atoms with Gasteiger partial charge in [0.25, 0.3) is 11.6 Å². The molecular formula is C16H16ClN3O3. The van der Waals surface area contributed by atoms with Crippen LogP contribution in [0.2, 0.25) is 5.02 Å². The molecule has 0 radical (unpaired) electrons. The fourth-order valence-corrected chi connectivity index (χ4v) is 2.45. The van der Waals surface area contributed by atoms with Crippen molar-refractivity contribution in [2.24, 2.45) is 7.05 Å². The highest BCUT2D eigenvalue weighted by molar-refractivity contribution is 6.34. The summed E-state index contributed by atoms with van der Waals surface area (Å²) in [6.45, 7) is 4.40. The smallest absolute Gasteiger partial charge is 0.270 e. The molecule has 120 valence electrons. The van der Waals surface area contributed by atoms with Gasteiger partial charge in [-0.15, -0.1) is 6.58 Å². The standard InChI is InChI=1S/C16H16ClN3O3/c1-3-8-19(11-13-5-4-9-18(13)2)16(21)14-7-6-12(20(22)23)10-15(14)17/h3-7,9-10H,1,8,11H2,2H3. The largest absolute Gasteiger partial charge is 0.353 e. The quantitative estimate of drug-likeness (QED) is 0.462. The van der Waals surface area contributed by atoms with E-state index in [-0.39, 0.29) is 22.2 Å². The Hall–Kier alpha value is -2.60. The van der Waals surface area contributed by atoms with Crippen LogP contribution in [0.5, 0.6) is 0 Å². The van der Waals surface area contributed by atoms with E-state index in [0.29, 0.717) is 13.1 Å². The van der Waals surface area contributed by atoms with Gasteiger partial charge in [0, 0.05) is 37.6 Å². The van der Waals surface area contributed by atoms with Crippen LogP contribution in [0.3, 0.4) is 0 Å². The van der Waals surface area contributed by atoms with Crippen molar-refractivity contribution in [2.45, 2.75) is 6.54 Å². The molecular weight excluding hydrogens is 318 g/mol. The van der Waals surface area contributed by atoms with Crippen LogP contribution in [0.1, 0.15) is 16.1 Å². The van der Waals surface area contributed by atoms with E-state index in [9.17, 15) is 14.9 Å². The molecule has 0 aliphatic rings. The summed E-state index contributed by atoms with van der Waals surface area (Å²) in [6, 6.07) is 7.65. The lowest BCUT2D eigenvalue weighted by Crippen LogP contribution is -2.31. The third-order valence-corrected chi connectivity index (χ3v) is 3.75. The highest BCUT2D eigenvalue weighted by Crippen LogP contribution is 2.24. The maximum Gasteiger partial charge on any atom is 0.270 e. The minimum Gasteiger partial charge on any atom is -0.353 e. The molecule has 0 aliphatic heterocycles. The highest BCUT2D eigenvalue weighted by Gasteiger charge is 2.20. The second-order valence-electron chi connectivity index (χ2n) is 5.01. The van der Waals surface area contributed by atoms with Crippen molar-refractivity contribution in [1.29, 1.82) is 0 Å². The molecule has 0 N–H and O–H groups in total. The van der Waals surface area contributed by atoms with Gasteiger partial charge < -0.3 is 9.47 Å². The van der Waals surface area contributed by atoms with Gasteiger partial charge in [0.05, 0.1) is 22.1 Å². The molecule has 0 spiro atoms. The Labute approximate surface area is 138 Å². The Morgan fingerprint density at radius 2 is 2.22 bits per heavy atom. The number of nitro groups is 1. The van der Waals surface area contributed by atoms with Gasteiger partial charge in [-0.25, -0.2) is 0 Å². The third kappa shape index (κ3) is 3.78. The first-order valence-corrected chi connectivity index (χ1v) is 7.26. The fraction of sp³-hybridized carbons (Fsp3) is 0.188. The summed E-state index contributed by atoms with van der Waals surface area (Å²) in [5, 5.41) is 10.8. The number of aromatic nitrogens is 1. The Morgan fingerprint density at radius 3 is 2.74 bits per heavy atom. The van der Waals surface area contributed by atoms with E-state index < -0.39 is 4.92 Å². The van der Waals surface area contributed by atoms with Gasteiger partial charge in [0.1, 0.15) is 0 Å². The third-order valence-electron chi connectivity index (χ3n) is 3.43. The molecule has 0 atom stereocenters. The Bertz CT molecular complexity index is 755. The van der Waals surface area contributed by atoms with E-state index in [1.807, 2.05) is 29.9 Å². The molecule has 0 bridgehead atoms. The first-order valence-electron chi connectivity index (χ1n) is 6.88. The molecule has 1 aromatic heterocycles. The second kappa shape index (κ2) is 7.11. The predicted octanol–water partition coefficient (Wildman–Crippen LogP) is 3.42. The van der Waals surface area contributed by atoms with Gasteiger partial charge in [-0.3, -0.25) is 14.9 Å². The van der Waals surface area contributed by atoms with E-state index in [4.69, 9.17) is 11.6 Å². The van der Waals surface area contributed by atoms with Crippen LogP contribution < -0.4 is 0 Å². The van der Waals surface area contributed by atoms with Crippen LogP contribution in [-0.4, -0.2) is 26.8 Å². The monoisotopic (exact) mass is 333 g/mol. The van der Waals surface area contributed by atoms with E-state index >= 15 is 0 Å². The number of rotatable bonds is 6. The van der Waals surface area contributed by atoms with Crippen LogP contribution in [0.4, 0.5) is 5.69 Å². The zero-order valence-corrected chi connectivity index (χ0v) is 13.4. The molecule has 0 aliphatic carbocycles. The van der Waals surface area contributed by atoms with E-state index in [2.05, 4.69) is 6.58 Å². The lowest BCUT2D eigenvalue weighted by atomic mass is 10.1. The van der Waals surface area contributed by atoms with Gasteiger partial charge in [-0.2, -0.15) is 0 Å². The van der Waals surface area contributed by atoms with Crippen molar-refractivity contribution >= 4 is 23.2 Å². The number of non-ortho nitro benzene ring substituents is 1. The average Bonchev–Trinajstić information content (AvgIpc) is 2.91. The SMILES string of the molecule is C=CCN(Cc1cccn1C)C(=O)c1ccc([N+](=O)[O-])cc1Cl. The first kappa shape index (κ1) is 16.8.